The van der Waals surface area contributed by atoms with Crippen LogP contribution in [0.1, 0.15) is 77.8 Å². The summed E-state index contributed by atoms with van der Waals surface area (Å²) in [5.41, 5.74) is -0.391. The van der Waals surface area contributed by atoms with E-state index in [0.717, 1.165) is 22.3 Å². The van der Waals surface area contributed by atoms with Crippen molar-refractivity contribution >= 4 is 80.3 Å². The Kier molecular flexibility index (Phi) is 13.0. The number of esters is 2. The van der Waals surface area contributed by atoms with Gasteiger partial charge in [0.05, 0.1) is 0 Å². The van der Waals surface area contributed by atoms with Crippen LogP contribution in [0.25, 0.3) is 0 Å². The third-order valence-corrected chi connectivity index (χ3v) is 12.2. The zero-order chi connectivity index (χ0) is 42.8. The highest BCUT2D eigenvalue weighted by molar-refractivity contribution is 14.1. The first kappa shape index (κ1) is 43.8. The number of halogens is 1. The first-order valence-electron chi connectivity index (χ1n) is 19.0. The number of fused-ring (bicyclic) bond motifs is 1. The van der Waals surface area contributed by atoms with Gasteiger partial charge in [-0.3, -0.25) is 14.5 Å². The van der Waals surface area contributed by atoms with Crippen molar-refractivity contribution in [3.8, 4) is 0 Å². The number of thiazole rings is 1. The minimum Gasteiger partial charge on any atom is -0.457 e. The normalized spacial score (nSPS) is 17.4. The number of hydrogen-bond donors (Lipinski definition) is 2. The highest BCUT2D eigenvalue weighted by Gasteiger charge is 2.55. The number of ether oxygens (including phenoxy) is 2. The van der Waals surface area contributed by atoms with Crippen LogP contribution in [0.2, 0.25) is 0 Å². The van der Waals surface area contributed by atoms with E-state index < -0.39 is 57.5 Å². The largest absolute Gasteiger partial charge is 0.457 e. The van der Waals surface area contributed by atoms with E-state index in [1.807, 2.05) is 91.0 Å². The second-order valence-electron chi connectivity index (χ2n) is 16.5. The molecule has 59 heavy (non-hydrogen) atoms. The van der Waals surface area contributed by atoms with E-state index >= 15 is 0 Å². The SMILES string of the molecule is CC(C)(C)OC(=O)C1=C(CI)CS[C@H]2C(NC(=O)C(=NOC(C)(C)C(=O)OC(C)(C)C)c3csc(NC(c4ccccc4)(c4ccccc4)c4ccccc4)n3)C(=O)N12. The Morgan fingerprint density at radius 2 is 1.36 bits per heavy atom. The summed E-state index contributed by atoms with van der Waals surface area (Å²) >= 11 is 4.86. The summed E-state index contributed by atoms with van der Waals surface area (Å²) < 4.78 is 11.8. The maximum absolute atomic E-state index is 14.4. The van der Waals surface area contributed by atoms with Crippen LogP contribution in [-0.2, 0) is 39.0 Å². The molecule has 1 unspecified atom stereocenters. The molecular formula is C44H48IN5O7S2. The summed E-state index contributed by atoms with van der Waals surface area (Å²) in [6, 6.07) is 29.0. The van der Waals surface area contributed by atoms with E-state index in [0.29, 0.717) is 15.3 Å². The molecule has 0 saturated carbocycles. The molecule has 1 fully saturated rings. The van der Waals surface area contributed by atoms with Crippen molar-refractivity contribution in [2.45, 2.75) is 89.1 Å². The van der Waals surface area contributed by atoms with Gasteiger partial charge in [-0.2, -0.15) is 0 Å². The van der Waals surface area contributed by atoms with Crippen LogP contribution in [0.5, 0.6) is 0 Å². The molecule has 310 valence electrons. The highest BCUT2D eigenvalue weighted by Crippen LogP contribution is 2.43. The molecule has 6 rings (SSSR count). The summed E-state index contributed by atoms with van der Waals surface area (Å²) in [5, 5.41) is 12.3. The maximum atomic E-state index is 14.4. The number of benzene rings is 3. The Morgan fingerprint density at radius 3 is 1.85 bits per heavy atom. The topological polar surface area (TPSA) is 149 Å². The number of carbonyl (C=O) groups is 4. The number of oxime groups is 1. The van der Waals surface area contributed by atoms with Gasteiger partial charge in [0.1, 0.15) is 39.5 Å². The zero-order valence-corrected chi connectivity index (χ0v) is 38.0. The van der Waals surface area contributed by atoms with E-state index in [4.69, 9.17) is 19.3 Å². The Labute approximate surface area is 366 Å². The van der Waals surface area contributed by atoms with Crippen LogP contribution in [0.4, 0.5) is 5.13 Å². The number of alkyl halides is 1. The van der Waals surface area contributed by atoms with Gasteiger partial charge >= 0.3 is 11.9 Å². The summed E-state index contributed by atoms with van der Waals surface area (Å²) in [5.74, 6) is -2.04. The number of nitrogens with one attached hydrogen (secondary N) is 2. The van der Waals surface area contributed by atoms with Crippen molar-refractivity contribution < 1.29 is 33.5 Å². The van der Waals surface area contributed by atoms with Crippen LogP contribution >= 0.6 is 45.7 Å². The van der Waals surface area contributed by atoms with Crippen molar-refractivity contribution in [1.29, 1.82) is 0 Å². The van der Waals surface area contributed by atoms with Crippen molar-refractivity contribution in [3.63, 3.8) is 0 Å². The van der Waals surface area contributed by atoms with Gasteiger partial charge in [-0.1, -0.05) is 119 Å². The minimum absolute atomic E-state index is 0.138. The number of anilines is 1. The maximum Gasteiger partial charge on any atom is 0.355 e. The lowest BCUT2D eigenvalue weighted by Gasteiger charge is -2.49. The van der Waals surface area contributed by atoms with Gasteiger partial charge in [0.15, 0.2) is 10.8 Å². The standard InChI is InChI=1S/C44H48IN5O7S2/c1-41(2,3)55-38(53)34-27(24-45)25-58-37-33(36(52)50(34)37)47-35(51)32(49-57-43(7,8)39(54)56-42(4,5)6)31-26-59-40(46-31)48-44(28-18-12-9-13-19-28,29-20-14-10-15-21-29)30-22-16-11-17-23-30/h9-23,26,33,37H,24-25H2,1-8H3,(H,46,48)(H,47,51)/t33?,37-/m0/s1. The van der Waals surface area contributed by atoms with Crippen molar-refractivity contribution in [3.05, 3.63) is 130 Å². The number of carbonyl (C=O) groups excluding carboxylic acids is 4. The Bertz CT molecular complexity index is 2150. The van der Waals surface area contributed by atoms with Gasteiger partial charge in [-0.05, 0) is 77.7 Å². The molecule has 3 aromatic carbocycles. The molecule has 3 heterocycles. The summed E-state index contributed by atoms with van der Waals surface area (Å²) in [7, 11) is 0. The van der Waals surface area contributed by atoms with Crippen molar-refractivity contribution in [2.75, 3.05) is 15.5 Å². The second-order valence-corrected chi connectivity index (χ2v) is 19.2. The smallest absolute Gasteiger partial charge is 0.355 e. The fourth-order valence-corrected chi connectivity index (χ4v) is 9.59. The van der Waals surface area contributed by atoms with Crippen LogP contribution in [0.3, 0.4) is 0 Å². The molecule has 2 amide bonds. The van der Waals surface area contributed by atoms with Crippen LogP contribution in [-0.4, -0.2) is 77.7 Å². The lowest BCUT2D eigenvalue weighted by molar-refractivity contribution is -0.179. The van der Waals surface area contributed by atoms with E-state index in [9.17, 15) is 19.2 Å². The number of rotatable bonds is 13. The lowest BCUT2D eigenvalue weighted by atomic mass is 9.77. The fourth-order valence-electron chi connectivity index (χ4n) is 6.49. The van der Waals surface area contributed by atoms with Gasteiger partial charge in [0.25, 0.3) is 11.8 Å². The van der Waals surface area contributed by atoms with Gasteiger partial charge in [-0.15, -0.1) is 23.1 Å². The second kappa shape index (κ2) is 17.5. The van der Waals surface area contributed by atoms with E-state index in [-0.39, 0.29) is 17.1 Å². The number of thioether (sulfide) groups is 1. The summed E-state index contributed by atoms with van der Waals surface area (Å²) in [6.45, 7) is 13.5. The van der Waals surface area contributed by atoms with Gasteiger partial charge < -0.3 is 24.9 Å². The van der Waals surface area contributed by atoms with Gasteiger partial charge in [0, 0.05) is 15.6 Å². The molecule has 2 atom stereocenters. The van der Waals surface area contributed by atoms with Crippen molar-refractivity contribution in [1.82, 2.24) is 15.2 Å². The number of hydrogen-bond acceptors (Lipinski definition) is 12. The first-order chi connectivity index (χ1) is 27.8. The van der Waals surface area contributed by atoms with Gasteiger partial charge in [-0.25, -0.2) is 14.6 Å². The van der Waals surface area contributed by atoms with Crippen molar-refractivity contribution in [2.24, 2.45) is 5.16 Å². The molecule has 1 saturated heterocycles. The predicted octanol–water partition coefficient (Wildman–Crippen LogP) is 7.82. The zero-order valence-electron chi connectivity index (χ0n) is 34.2. The first-order valence-corrected chi connectivity index (χ1v) is 22.5. The Balaban J connectivity index is 1.36. The molecule has 15 heteroatoms. The molecule has 4 aromatic rings. The minimum atomic E-state index is -1.61. The molecule has 0 aliphatic carbocycles. The number of nitrogens with zero attached hydrogens (tertiary/aromatic N) is 3. The Morgan fingerprint density at radius 1 is 0.831 bits per heavy atom. The van der Waals surface area contributed by atoms with Crippen LogP contribution in [0.15, 0.2) is 113 Å². The predicted molar refractivity (Wildman–Crippen MR) is 239 cm³/mol. The third kappa shape index (κ3) is 9.68. The van der Waals surface area contributed by atoms with Crippen LogP contribution < -0.4 is 10.6 Å². The monoisotopic (exact) mass is 949 g/mol. The van der Waals surface area contributed by atoms with E-state index in [1.54, 1.807) is 46.9 Å². The highest BCUT2D eigenvalue weighted by atomic mass is 127. The molecule has 2 aliphatic rings. The molecule has 1 aromatic heterocycles. The lowest BCUT2D eigenvalue weighted by Crippen LogP contribution is -2.71. The quantitative estimate of drug-likeness (QED) is 0.0259. The van der Waals surface area contributed by atoms with E-state index in [1.165, 1.54) is 41.8 Å². The average molecular weight is 950 g/mol. The van der Waals surface area contributed by atoms with Crippen LogP contribution in [0, 0.1) is 0 Å². The van der Waals surface area contributed by atoms with Gasteiger partial charge in [0.2, 0.25) is 5.60 Å². The summed E-state index contributed by atoms with van der Waals surface area (Å²) in [6.07, 6.45) is 0. The molecular weight excluding hydrogens is 902 g/mol. The molecule has 2 aliphatic heterocycles. The number of aromatic nitrogens is 1. The van der Waals surface area contributed by atoms with E-state index in [2.05, 4.69) is 38.4 Å². The Hall–Kier alpha value is -4.74. The average Bonchev–Trinajstić information content (AvgIpc) is 3.65. The number of amides is 2. The molecule has 0 radical (unpaired) electrons. The number of β-lactam (4-membered cyclic amide) rings is 1. The molecule has 2 N–H and O–H groups in total. The fraction of sp³-hybridized carbons (Fsp3) is 0.364. The molecule has 0 spiro atoms. The molecule has 0 bridgehead atoms. The summed E-state index contributed by atoms with van der Waals surface area (Å²) in [4.78, 5) is 66.9. The third-order valence-electron chi connectivity index (χ3n) is 9.22. The molecule has 12 nitrogen and oxygen atoms in total.